The minimum Gasteiger partial charge on any atom is -0.330 e. The van der Waals surface area contributed by atoms with Gasteiger partial charge < -0.3 is 10.5 Å². The highest BCUT2D eigenvalue weighted by Gasteiger charge is 2.16. The van der Waals surface area contributed by atoms with Crippen LogP contribution in [0.1, 0.15) is 27.2 Å². The predicted molar refractivity (Wildman–Crippen MR) is 38.1 cm³/mol. The Hall–Kier alpha value is -0.370. The molecule has 2 N–H and O–H groups in total. The molecule has 0 aromatic carbocycles. The third-order valence-electron chi connectivity index (χ3n) is 1.28. The van der Waals surface area contributed by atoms with Gasteiger partial charge in [0, 0.05) is 6.42 Å². The summed E-state index contributed by atoms with van der Waals surface area (Å²) in [6, 6.07) is 0. The van der Waals surface area contributed by atoms with Crippen molar-refractivity contribution in [2.45, 2.75) is 27.2 Å². The lowest BCUT2D eigenvalue weighted by molar-refractivity contribution is -0.118. The third-order valence-corrected chi connectivity index (χ3v) is 1.28. The van der Waals surface area contributed by atoms with Gasteiger partial charge in [-0.1, -0.05) is 13.8 Å². The van der Waals surface area contributed by atoms with Gasteiger partial charge in [0.05, 0.1) is 0 Å². The van der Waals surface area contributed by atoms with Crippen LogP contribution in [0, 0.1) is 5.41 Å². The molecule has 2 nitrogen and oxygen atoms in total. The van der Waals surface area contributed by atoms with Crippen molar-refractivity contribution in [2.75, 3.05) is 6.54 Å². The summed E-state index contributed by atoms with van der Waals surface area (Å²) in [6.07, 6.45) is 0.587. The van der Waals surface area contributed by atoms with Crippen molar-refractivity contribution in [1.82, 2.24) is 0 Å². The Balaban J connectivity index is 3.71. The minimum absolute atomic E-state index is 0.00810. The number of hydrogen-bond acceptors (Lipinski definition) is 2. The Morgan fingerprint density at radius 2 is 2.00 bits per heavy atom. The highest BCUT2D eigenvalue weighted by molar-refractivity contribution is 5.76. The smallest absolute Gasteiger partial charge is 0.130 e. The van der Waals surface area contributed by atoms with E-state index in [1.54, 1.807) is 6.92 Å². The second-order valence-electron chi connectivity index (χ2n) is 3.25. The van der Waals surface area contributed by atoms with Gasteiger partial charge in [-0.25, -0.2) is 0 Å². The Morgan fingerprint density at radius 3 is 2.11 bits per heavy atom. The molecule has 0 radical (unpaired) electrons. The summed E-state index contributed by atoms with van der Waals surface area (Å²) >= 11 is 0. The highest BCUT2D eigenvalue weighted by Crippen LogP contribution is 2.17. The summed E-state index contributed by atoms with van der Waals surface area (Å²) in [5.74, 6) is 0.213. The van der Waals surface area contributed by atoms with Crippen LogP contribution in [-0.4, -0.2) is 12.3 Å². The lowest BCUT2D eigenvalue weighted by Crippen LogP contribution is -2.25. The van der Waals surface area contributed by atoms with E-state index < -0.39 is 0 Å². The first-order chi connectivity index (χ1) is 3.98. The standard InChI is InChI=1S/C7H15NO/c1-6(9)4-7(2,3)5-8/h4-5,8H2,1-3H3. The first-order valence-electron chi connectivity index (χ1n) is 3.17. The van der Waals surface area contributed by atoms with E-state index in [1.807, 2.05) is 13.8 Å². The largest absolute Gasteiger partial charge is 0.330 e. The van der Waals surface area contributed by atoms with Crippen molar-refractivity contribution in [3.8, 4) is 0 Å². The minimum atomic E-state index is -0.00810. The molecule has 9 heavy (non-hydrogen) atoms. The van der Waals surface area contributed by atoms with Crippen molar-refractivity contribution in [3.63, 3.8) is 0 Å². The molecule has 0 bridgehead atoms. The fourth-order valence-electron chi connectivity index (χ4n) is 0.746. The van der Waals surface area contributed by atoms with E-state index in [0.717, 1.165) is 0 Å². The number of nitrogens with two attached hydrogens (primary N) is 1. The number of carbonyl (C=O) groups is 1. The Labute approximate surface area is 56.4 Å². The van der Waals surface area contributed by atoms with Crippen LogP contribution >= 0.6 is 0 Å². The average molecular weight is 129 g/mol. The third kappa shape index (κ3) is 4.15. The molecule has 0 fully saturated rings. The summed E-state index contributed by atoms with van der Waals surface area (Å²) in [6.45, 7) is 6.16. The predicted octanol–water partition coefficient (Wildman–Crippen LogP) is 0.950. The molecular formula is C7H15NO. The molecule has 0 aliphatic heterocycles. The van der Waals surface area contributed by atoms with E-state index in [1.165, 1.54) is 0 Å². The highest BCUT2D eigenvalue weighted by atomic mass is 16.1. The zero-order valence-electron chi connectivity index (χ0n) is 6.40. The first kappa shape index (κ1) is 8.63. The summed E-state index contributed by atoms with van der Waals surface area (Å²) < 4.78 is 0. The van der Waals surface area contributed by atoms with Crippen LogP contribution in [0.2, 0.25) is 0 Å². The van der Waals surface area contributed by atoms with Crippen LogP contribution in [0.3, 0.4) is 0 Å². The molecule has 0 aromatic heterocycles. The van der Waals surface area contributed by atoms with Crippen LogP contribution < -0.4 is 5.73 Å². The van der Waals surface area contributed by atoms with Crippen molar-refractivity contribution in [3.05, 3.63) is 0 Å². The lowest BCUT2D eigenvalue weighted by atomic mass is 9.88. The van der Waals surface area contributed by atoms with Gasteiger partial charge in [0.2, 0.25) is 0 Å². The van der Waals surface area contributed by atoms with Crippen LogP contribution in [0.15, 0.2) is 0 Å². The first-order valence-corrected chi connectivity index (χ1v) is 3.17. The van der Waals surface area contributed by atoms with Crippen LogP contribution in [0.25, 0.3) is 0 Å². The maximum Gasteiger partial charge on any atom is 0.130 e. The van der Waals surface area contributed by atoms with Crippen LogP contribution in [-0.2, 0) is 4.79 Å². The molecule has 0 aromatic rings. The SMILES string of the molecule is CC(=O)CC(C)(C)CN. The van der Waals surface area contributed by atoms with Gasteiger partial charge in [-0.05, 0) is 18.9 Å². The van der Waals surface area contributed by atoms with Gasteiger partial charge >= 0.3 is 0 Å². The van der Waals surface area contributed by atoms with Gasteiger partial charge in [0.1, 0.15) is 5.78 Å². The molecule has 0 amide bonds. The van der Waals surface area contributed by atoms with E-state index in [4.69, 9.17) is 5.73 Å². The maximum absolute atomic E-state index is 10.6. The average Bonchev–Trinajstić information content (AvgIpc) is 1.63. The molecule has 0 spiro atoms. The van der Waals surface area contributed by atoms with Gasteiger partial charge in [-0.2, -0.15) is 0 Å². The van der Waals surface area contributed by atoms with E-state index in [9.17, 15) is 4.79 Å². The number of Topliss-reactive ketones (excluding diaryl/α,β-unsaturated/α-hetero) is 1. The van der Waals surface area contributed by atoms with Gasteiger partial charge in [-0.3, -0.25) is 0 Å². The van der Waals surface area contributed by atoms with Crippen LogP contribution in [0.5, 0.6) is 0 Å². The second-order valence-corrected chi connectivity index (χ2v) is 3.25. The fourth-order valence-corrected chi connectivity index (χ4v) is 0.746. The molecule has 0 heterocycles. The lowest BCUT2D eigenvalue weighted by Gasteiger charge is -2.19. The molecule has 0 aliphatic rings. The zero-order chi connectivity index (χ0) is 7.49. The topological polar surface area (TPSA) is 43.1 Å². The molecule has 0 saturated heterocycles. The number of hydrogen-bond donors (Lipinski definition) is 1. The van der Waals surface area contributed by atoms with Crippen molar-refractivity contribution in [1.29, 1.82) is 0 Å². The molecule has 0 saturated carbocycles. The monoisotopic (exact) mass is 129 g/mol. The summed E-state index contributed by atoms with van der Waals surface area (Å²) in [5.41, 5.74) is 5.39. The van der Waals surface area contributed by atoms with Gasteiger partial charge in [0.25, 0.3) is 0 Å². The molecule has 0 unspecified atom stereocenters. The molecule has 2 heteroatoms. The summed E-state index contributed by atoms with van der Waals surface area (Å²) in [4.78, 5) is 10.6. The molecule has 0 aliphatic carbocycles. The van der Waals surface area contributed by atoms with Gasteiger partial charge in [-0.15, -0.1) is 0 Å². The fraction of sp³-hybridized carbons (Fsp3) is 0.857. The van der Waals surface area contributed by atoms with E-state index >= 15 is 0 Å². The molecule has 0 rings (SSSR count). The number of rotatable bonds is 3. The summed E-state index contributed by atoms with van der Waals surface area (Å²) in [7, 11) is 0. The van der Waals surface area contributed by atoms with E-state index in [-0.39, 0.29) is 11.2 Å². The van der Waals surface area contributed by atoms with E-state index in [0.29, 0.717) is 13.0 Å². The Kier molecular flexibility index (Phi) is 2.85. The van der Waals surface area contributed by atoms with Crippen LogP contribution in [0.4, 0.5) is 0 Å². The second kappa shape index (κ2) is 2.97. The van der Waals surface area contributed by atoms with Crippen molar-refractivity contribution < 1.29 is 4.79 Å². The quantitative estimate of drug-likeness (QED) is 0.616. The number of carbonyl (C=O) groups excluding carboxylic acids is 1. The van der Waals surface area contributed by atoms with Gasteiger partial charge in [0.15, 0.2) is 0 Å². The van der Waals surface area contributed by atoms with Crippen molar-refractivity contribution in [2.24, 2.45) is 11.1 Å². The Morgan fingerprint density at radius 1 is 1.56 bits per heavy atom. The molecule has 0 atom stereocenters. The molecule has 54 valence electrons. The van der Waals surface area contributed by atoms with E-state index in [2.05, 4.69) is 0 Å². The number of ketones is 1. The summed E-state index contributed by atoms with van der Waals surface area (Å²) in [5, 5.41) is 0. The normalized spacial score (nSPS) is 11.6. The molecular weight excluding hydrogens is 114 g/mol. The zero-order valence-corrected chi connectivity index (χ0v) is 6.40. The maximum atomic E-state index is 10.6. The Bertz CT molecular complexity index is 107. The van der Waals surface area contributed by atoms with Crippen molar-refractivity contribution >= 4 is 5.78 Å².